The Morgan fingerprint density at radius 3 is 2.21 bits per heavy atom. The Balaban J connectivity index is 1.93. The van der Waals surface area contributed by atoms with Crippen LogP contribution in [0, 0.1) is 17.2 Å². The lowest BCUT2D eigenvalue weighted by Gasteiger charge is -2.40. The van der Waals surface area contributed by atoms with Gasteiger partial charge >= 0.3 is 6.03 Å². The van der Waals surface area contributed by atoms with Crippen LogP contribution in [0.2, 0.25) is 36.3 Å². The summed E-state index contributed by atoms with van der Waals surface area (Å²) >= 11 is 0. The first-order valence-electron chi connectivity index (χ1n) is 12.4. The van der Waals surface area contributed by atoms with Crippen molar-refractivity contribution in [2.45, 2.75) is 121 Å². The van der Waals surface area contributed by atoms with E-state index in [1.165, 1.54) is 0 Å². The standard InChI is InChI=1S/C24H43N3O5Si2/c1-22(2,3)33(7,8)30-15-19-18(32-34(9,10)23(4,5)6)13-24(31-19)12-16(14-25)17-11-20(28)26-21(29)27(17)24/h16-19H,11-13,15H2,1-10H3,(H,26,28,29)/t16?,17?,18-,19+,24?/m0/s1. The lowest BCUT2D eigenvalue weighted by atomic mass is 9.95. The molecule has 1 spiro atoms. The van der Waals surface area contributed by atoms with Gasteiger partial charge in [0, 0.05) is 19.3 Å². The van der Waals surface area contributed by atoms with Gasteiger partial charge in [-0.25, -0.2) is 4.79 Å². The molecule has 0 aromatic heterocycles. The van der Waals surface area contributed by atoms with Gasteiger partial charge in [-0.2, -0.15) is 5.26 Å². The molecule has 3 saturated heterocycles. The van der Waals surface area contributed by atoms with E-state index in [0.29, 0.717) is 19.4 Å². The van der Waals surface area contributed by atoms with Gasteiger partial charge < -0.3 is 13.6 Å². The summed E-state index contributed by atoms with van der Waals surface area (Å²) in [5, 5.41) is 12.3. The average molecular weight is 510 g/mol. The number of nitrogens with one attached hydrogen (secondary N) is 1. The minimum Gasteiger partial charge on any atom is -0.414 e. The van der Waals surface area contributed by atoms with Gasteiger partial charge in [-0.05, 0) is 36.3 Å². The van der Waals surface area contributed by atoms with E-state index in [1.807, 2.05) is 0 Å². The van der Waals surface area contributed by atoms with E-state index in [2.05, 4.69) is 79.1 Å². The summed E-state index contributed by atoms with van der Waals surface area (Å²) in [5.41, 5.74) is -0.968. The molecule has 0 aliphatic carbocycles. The van der Waals surface area contributed by atoms with Crippen LogP contribution in [0.5, 0.6) is 0 Å². The van der Waals surface area contributed by atoms with Crippen LogP contribution >= 0.6 is 0 Å². The molecule has 3 aliphatic rings. The molecule has 0 radical (unpaired) electrons. The van der Waals surface area contributed by atoms with E-state index < -0.39 is 40.4 Å². The van der Waals surface area contributed by atoms with Crippen molar-refractivity contribution in [3.8, 4) is 6.07 Å². The first-order valence-corrected chi connectivity index (χ1v) is 18.2. The second-order valence-electron chi connectivity index (χ2n) is 13.2. The van der Waals surface area contributed by atoms with Crippen LogP contribution in [0.4, 0.5) is 4.79 Å². The fourth-order valence-corrected chi connectivity index (χ4v) is 7.00. The normalized spacial score (nSPS) is 32.7. The van der Waals surface area contributed by atoms with Crippen molar-refractivity contribution < 1.29 is 23.2 Å². The minimum absolute atomic E-state index is 0.00983. The summed E-state index contributed by atoms with van der Waals surface area (Å²) in [6.45, 7) is 22.4. The minimum atomic E-state index is -2.15. The number of hydrogen-bond acceptors (Lipinski definition) is 6. The molecule has 3 fully saturated rings. The molecule has 3 unspecified atom stereocenters. The maximum Gasteiger partial charge on any atom is 0.326 e. The van der Waals surface area contributed by atoms with Gasteiger partial charge in [0.15, 0.2) is 16.6 Å². The number of nitrogens with zero attached hydrogens (tertiary/aromatic N) is 2. The number of rotatable bonds is 5. The van der Waals surface area contributed by atoms with Gasteiger partial charge in [0.25, 0.3) is 0 Å². The van der Waals surface area contributed by atoms with Crippen molar-refractivity contribution in [3.63, 3.8) is 0 Å². The number of nitriles is 1. The third-order valence-corrected chi connectivity index (χ3v) is 17.8. The lowest BCUT2D eigenvalue weighted by molar-refractivity contribution is -0.138. The molecule has 0 aromatic carbocycles. The molecule has 0 saturated carbocycles. The highest BCUT2D eigenvalue weighted by Crippen LogP contribution is 2.51. The van der Waals surface area contributed by atoms with Gasteiger partial charge in [0.2, 0.25) is 5.91 Å². The van der Waals surface area contributed by atoms with E-state index in [1.54, 1.807) is 4.90 Å². The van der Waals surface area contributed by atoms with E-state index in [-0.39, 0.29) is 34.6 Å². The Hall–Kier alpha value is -1.26. The summed E-state index contributed by atoms with van der Waals surface area (Å²) in [4.78, 5) is 26.7. The van der Waals surface area contributed by atoms with Gasteiger partial charge in [-0.3, -0.25) is 15.0 Å². The van der Waals surface area contributed by atoms with Crippen LogP contribution in [-0.4, -0.2) is 64.1 Å². The molecular formula is C24H43N3O5Si2. The predicted octanol–water partition coefficient (Wildman–Crippen LogP) is 4.74. The molecule has 34 heavy (non-hydrogen) atoms. The Kier molecular flexibility index (Phi) is 6.99. The molecule has 3 amide bonds. The van der Waals surface area contributed by atoms with Crippen molar-refractivity contribution in [2.75, 3.05) is 6.61 Å². The number of carbonyl (C=O) groups is 2. The van der Waals surface area contributed by atoms with Crippen LogP contribution in [0.1, 0.15) is 60.8 Å². The van der Waals surface area contributed by atoms with E-state index >= 15 is 0 Å². The molecule has 0 aromatic rings. The second kappa shape index (κ2) is 8.69. The van der Waals surface area contributed by atoms with Gasteiger partial charge in [-0.1, -0.05) is 41.5 Å². The second-order valence-corrected chi connectivity index (χ2v) is 22.8. The topological polar surface area (TPSA) is 101 Å². The molecule has 3 heterocycles. The Bertz CT molecular complexity index is 873. The molecular weight excluding hydrogens is 466 g/mol. The Morgan fingerprint density at radius 1 is 1.09 bits per heavy atom. The first-order chi connectivity index (χ1) is 15.3. The zero-order valence-electron chi connectivity index (χ0n) is 22.6. The number of carbonyl (C=O) groups excluding carboxylic acids is 2. The number of amides is 3. The van der Waals surface area contributed by atoms with Crippen LogP contribution in [0.25, 0.3) is 0 Å². The Labute approximate surface area is 206 Å². The summed E-state index contributed by atoms with van der Waals surface area (Å²) < 4.78 is 20.1. The van der Waals surface area contributed by atoms with Gasteiger partial charge in [-0.15, -0.1) is 0 Å². The Morgan fingerprint density at radius 2 is 1.68 bits per heavy atom. The highest BCUT2D eigenvalue weighted by atomic mass is 28.4. The van der Waals surface area contributed by atoms with E-state index in [4.69, 9.17) is 13.6 Å². The quantitative estimate of drug-likeness (QED) is 0.537. The SMILES string of the molecule is CC(C)(C)[Si](C)(C)OC[C@H]1OC2(CC(C#N)C3CC(=O)NC(=O)N32)C[C@@H]1O[Si](C)(C)C(C)(C)C. The molecule has 8 nitrogen and oxygen atoms in total. The third kappa shape index (κ3) is 4.87. The summed E-state index contributed by atoms with van der Waals surface area (Å²) in [5.74, 6) is -0.794. The number of ether oxygens (including phenoxy) is 1. The van der Waals surface area contributed by atoms with Crippen LogP contribution in [0.3, 0.4) is 0 Å². The molecule has 1 N–H and O–H groups in total. The molecule has 10 heteroatoms. The fourth-order valence-electron chi connectivity index (χ4n) is 4.64. The van der Waals surface area contributed by atoms with Crippen molar-refractivity contribution in [1.82, 2.24) is 10.2 Å². The van der Waals surface area contributed by atoms with Crippen LogP contribution in [0.15, 0.2) is 0 Å². The molecule has 0 bridgehead atoms. The van der Waals surface area contributed by atoms with Gasteiger partial charge in [0.05, 0.1) is 30.7 Å². The number of urea groups is 1. The van der Waals surface area contributed by atoms with E-state index in [0.717, 1.165) is 0 Å². The number of imide groups is 1. The lowest BCUT2D eigenvalue weighted by Crippen LogP contribution is -2.60. The van der Waals surface area contributed by atoms with Crippen molar-refractivity contribution in [1.29, 1.82) is 5.26 Å². The largest absolute Gasteiger partial charge is 0.414 e. The monoisotopic (exact) mass is 509 g/mol. The van der Waals surface area contributed by atoms with E-state index in [9.17, 15) is 14.9 Å². The van der Waals surface area contributed by atoms with Crippen molar-refractivity contribution in [3.05, 3.63) is 0 Å². The fraction of sp³-hybridized carbons (Fsp3) is 0.875. The zero-order chi connectivity index (χ0) is 25.9. The third-order valence-electron chi connectivity index (χ3n) is 8.77. The molecule has 192 valence electrons. The smallest absolute Gasteiger partial charge is 0.326 e. The summed E-state index contributed by atoms with van der Waals surface area (Å²) in [6, 6.07) is 1.38. The number of hydrogen-bond donors (Lipinski definition) is 1. The zero-order valence-corrected chi connectivity index (χ0v) is 24.6. The highest BCUT2D eigenvalue weighted by molar-refractivity contribution is 6.74. The predicted molar refractivity (Wildman–Crippen MR) is 135 cm³/mol. The number of fused-ring (bicyclic) bond motifs is 2. The average Bonchev–Trinajstić information content (AvgIpc) is 3.14. The highest BCUT2D eigenvalue weighted by Gasteiger charge is 2.63. The summed E-state index contributed by atoms with van der Waals surface area (Å²) in [7, 11) is -4.19. The van der Waals surface area contributed by atoms with Crippen LogP contribution < -0.4 is 5.32 Å². The summed E-state index contributed by atoms with van der Waals surface area (Å²) in [6.07, 6.45) is 0.360. The molecule has 3 aliphatic heterocycles. The first kappa shape index (κ1) is 27.3. The maximum absolute atomic E-state index is 13.0. The maximum atomic E-state index is 13.0. The molecule has 3 rings (SSSR count). The van der Waals surface area contributed by atoms with Crippen molar-refractivity contribution >= 4 is 28.6 Å². The van der Waals surface area contributed by atoms with Crippen molar-refractivity contribution in [2.24, 2.45) is 5.92 Å². The van der Waals surface area contributed by atoms with Crippen LogP contribution in [-0.2, 0) is 18.4 Å². The van der Waals surface area contributed by atoms with Gasteiger partial charge in [0.1, 0.15) is 11.8 Å². The molecule has 5 atom stereocenters.